The second-order valence-electron chi connectivity index (χ2n) is 5.64. The molecule has 0 bridgehead atoms. The molecule has 0 spiro atoms. The van der Waals surface area contributed by atoms with Crippen LogP contribution in [0.25, 0.3) is 0 Å². The van der Waals surface area contributed by atoms with E-state index in [0.717, 1.165) is 27.9 Å². The zero-order valence-corrected chi connectivity index (χ0v) is 13.0. The van der Waals surface area contributed by atoms with Gasteiger partial charge in [-0.15, -0.1) is 0 Å². The predicted molar refractivity (Wildman–Crippen MR) is 79.7 cm³/mol. The summed E-state index contributed by atoms with van der Waals surface area (Å²) in [4.78, 5) is 0. The number of halogens is 2. The summed E-state index contributed by atoms with van der Waals surface area (Å²) in [6, 6.07) is 4.66. The first-order valence-corrected chi connectivity index (χ1v) is 7.70. The van der Waals surface area contributed by atoms with Gasteiger partial charge in [0, 0.05) is 3.57 Å². The van der Waals surface area contributed by atoms with E-state index >= 15 is 0 Å². The standard InChI is InChI=1S/C15H20FIO/c1-9-3-4-11(7-10(9)2)15(18)13-6-5-12(16)8-14(13)17/h5-6,8-11,15,18H,3-4,7H2,1-2H3. The lowest BCUT2D eigenvalue weighted by molar-refractivity contribution is 0.0555. The molecule has 2 rings (SSSR count). The molecular formula is C15H20FIO. The summed E-state index contributed by atoms with van der Waals surface area (Å²) in [5, 5.41) is 10.5. The van der Waals surface area contributed by atoms with Crippen LogP contribution >= 0.6 is 22.6 Å². The van der Waals surface area contributed by atoms with Crippen LogP contribution in [0.15, 0.2) is 18.2 Å². The molecule has 4 unspecified atom stereocenters. The second kappa shape index (κ2) is 5.87. The Kier molecular flexibility index (Phi) is 4.64. The lowest BCUT2D eigenvalue weighted by atomic mass is 9.73. The summed E-state index contributed by atoms with van der Waals surface area (Å²) in [6.07, 6.45) is 2.86. The van der Waals surface area contributed by atoms with Crippen molar-refractivity contribution in [3.05, 3.63) is 33.1 Å². The van der Waals surface area contributed by atoms with Crippen LogP contribution in [0.3, 0.4) is 0 Å². The van der Waals surface area contributed by atoms with E-state index in [9.17, 15) is 9.50 Å². The van der Waals surface area contributed by atoms with Gasteiger partial charge in [-0.25, -0.2) is 4.39 Å². The number of hydrogen-bond acceptors (Lipinski definition) is 1. The van der Waals surface area contributed by atoms with E-state index in [4.69, 9.17) is 0 Å². The number of rotatable bonds is 2. The first kappa shape index (κ1) is 14.3. The SMILES string of the molecule is CC1CCC(C(O)c2ccc(F)cc2I)CC1C. The molecule has 100 valence electrons. The van der Waals surface area contributed by atoms with Crippen LogP contribution in [-0.2, 0) is 0 Å². The number of hydrogen-bond donors (Lipinski definition) is 1. The van der Waals surface area contributed by atoms with Gasteiger partial charge in [0.1, 0.15) is 5.82 Å². The van der Waals surface area contributed by atoms with Crippen molar-refractivity contribution in [3.8, 4) is 0 Å². The Morgan fingerprint density at radius 2 is 2.00 bits per heavy atom. The molecule has 3 heteroatoms. The van der Waals surface area contributed by atoms with Gasteiger partial charge in [0.25, 0.3) is 0 Å². The first-order chi connectivity index (χ1) is 8.49. The fourth-order valence-electron chi connectivity index (χ4n) is 2.87. The van der Waals surface area contributed by atoms with Gasteiger partial charge in [0.15, 0.2) is 0 Å². The maximum atomic E-state index is 13.1. The average molecular weight is 362 g/mol. The van der Waals surface area contributed by atoms with Gasteiger partial charge >= 0.3 is 0 Å². The summed E-state index contributed by atoms with van der Waals surface area (Å²) in [6.45, 7) is 4.55. The smallest absolute Gasteiger partial charge is 0.124 e. The van der Waals surface area contributed by atoms with Gasteiger partial charge in [-0.1, -0.05) is 26.3 Å². The molecule has 18 heavy (non-hydrogen) atoms. The lowest BCUT2D eigenvalue weighted by Crippen LogP contribution is -2.25. The van der Waals surface area contributed by atoms with Gasteiger partial charge in [-0.3, -0.25) is 0 Å². The fraction of sp³-hybridized carbons (Fsp3) is 0.600. The highest BCUT2D eigenvalue weighted by molar-refractivity contribution is 14.1. The lowest BCUT2D eigenvalue weighted by Gasteiger charge is -2.35. The van der Waals surface area contributed by atoms with Gasteiger partial charge in [-0.2, -0.15) is 0 Å². The average Bonchev–Trinajstić information content (AvgIpc) is 2.32. The van der Waals surface area contributed by atoms with Gasteiger partial charge in [0.2, 0.25) is 0 Å². The van der Waals surface area contributed by atoms with Gasteiger partial charge in [-0.05, 0) is 70.9 Å². The molecule has 1 aromatic rings. The van der Waals surface area contributed by atoms with Crippen molar-refractivity contribution in [1.82, 2.24) is 0 Å². The molecule has 1 N–H and O–H groups in total. The highest BCUT2D eigenvalue weighted by atomic mass is 127. The van der Waals surface area contributed by atoms with Crippen LogP contribution in [0.4, 0.5) is 4.39 Å². The summed E-state index contributed by atoms with van der Waals surface area (Å²) in [7, 11) is 0. The van der Waals surface area contributed by atoms with Gasteiger partial charge < -0.3 is 5.11 Å². The van der Waals surface area contributed by atoms with E-state index in [-0.39, 0.29) is 5.82 Å². The minimum atomic E-state index is -0.451. The van der Waals surface area contributed by atoms with Crippen LogP contribution in [-0.4, -0.2) is 5.11 Å². The summed E-state index contributed by atoms with van der Waals surface area (Å²) < 4.78 is 13.9. The molecule has 1 saturated carbocycles. The molecule has 4 atom stereocenters. The Labute approximate surface area is 122 Å². The van der Waals surface area contributed by atoms with Crippen molar-refractivity contribution in [2.24, 2.45) is 17.8 Å². The molecular weight excluding hydrogens is 342 g/mol. The van der Waals surface area contributed by atoms with Crippen molar-refractivity contribution in [3.63, 3.8) is 0 Å². The van der Waals surface area contributed by atoms with Crippen molar-refractivity contribution in [2.75, 3.05) is 0 Å². The molecule has 1 aliphatic rings. The molecule has 0 aliphatic heterocycles. The maximum absolute atomic E-state index is 13.1. The summed E-state index contributed by atoms with van der Waals surface area (Å²) in [5.74, 6) is 1.49. The van der Waals surface area contributed by atoms with E-state index < -0.39 is 6.10 Å². The van der Waals surface area contributed by atoms with Crippen LogP contribution in [0.1, 0.15) is 44.8 Å². The minimum Gasteiger partial charge on any atom is -0.388 e. The second-order valence-corrected chi connectivity index (χ2v) is 6.80. The van der Waals surface area contributed by atoms with E-state index in [1.165, 1.54) is 18.6 Å². The number of aliphatic hydroxyl groups is 1. The largest absolute Gasteiger partial charge is 0.388 e. The monoisotopic (exact) mass is 362 g/mol. The first-order valence-electron chi connectivity index (χ1n) is 6.62. The van der Waals surface area contributed by atoms with E-state index in [1.54, 1.807) is 6.07 Å². The third-order valence-electron chi connectivity index (χ3n) is 4.37. The quantitative estimate of drug-likeness (QED) is 0.767. The topological polar surface area (TPSA) is 20.2 Å². The van der Waals surface area contributed by atoms with Crippen molar-refractivity contribution >= 4 is 22.6 Å². The normalized spacial score (nSPS) is 30.2. The molecule has 0 saturated heterocycles. The summed E-state index contributed by atoms with van der Waals surface area (Å²) in [5.41, 5.74) is 0.878. The van der Waals surface area contributed by atoms with Crippen LogP contribution in [0.2, 0.25) is 0 Å². The van der Waals surface area contributed by atoms with E-state index in [1.807, 2.05) is 0 Å². The van der Waals surface area contributed by atoms with Crippen molar-refractivity contribution in [2.45, 2.75) is 39.2 Å². The highest BCUT2D eigenvalue weighted by Gasteiger charge is 2.30. The van der Waals surface area contributed by atoms with Crippen LogP contribution in [0, 0.1) is 27.1 Å². The van der Waals surface area contributed by atoms with Crippen LogP contribution < -0.4 is 0 Å². The molecule has 0 amide bonds. The van der Waals surface area contributed by atoms with E-state index in [2.05, 4.69) is 36.4 Å². The molecule has 0 radical (unpaired) electrons. The predicted octanol–water partition coefficient (Wildman–Crippen LogP) is 4.54. The Morgan fingerprint density at radius 3 is 2.61 bits per heavy atom. The maximum Gasteiger partial charge on any atom is 0.124 e. The van der Waals surface area contributed by atoms with Gasteiger partial charge in [0.05, 0.1) is 6.10 Å². The Balaban J connectivity index is 2.13. The van der Waals surface area contributed by atoms with Crippen molar-refractivity contribution < 1.29 is 9.50 Å². The van der Waals surface area contributed by atoms with Crippen LogP contribution in [0.5, 0.6) is 0 Å². The Bertz CT molecular complexity index is 421. The molecule has 1 aliphatic carbocycles. The molecule has 1 nitrogen and oxygen atoms in total. The number of aliphatic hydroxyl groups excluding tert-OH is 1. The zero-order valence-electron chi connectivity index (χ0n) is 10.9. The summed E-state index contributed by atoms with van der Waals surface area (Å²) >= 11 is 2.11. The highest BCUT2D eigenvalue weighted by Crippen LogP contribution is 2.40. The van der Waals surface area contributed by atoms with E-state index in [0.29, 0.717) is 11.8 Å². The zero-order chi connectivity index (χ0) is 13.3. The Hall–Kier alpha value is -0.160. The number of benzene rings is 1. The Morgan fingerprint density at radius 1 is 1.28 bits per heavy atom. The molecule has 1 aromatic carbocycles. The van der Waals surface area contributed by atoms with Crippen molar-refractivity contribution in [1.29, 1.82) is 0 Å². The molecule has 0 heterocycles. The molecule has 1 fully saturated rings. The third kappa shape index (κ3) is 3.05. The third-order valence-corrected chi connectivity index (χ3v) is 5.30. The molecule has 0 aromatic heterocycles. The fourth-order valence-corrected chi connectivity index (χ4v) is 3.67. The minimum absolute atomic E-state index is 0.235.